The number of nitrogens with zero attached hydrogens (tertiary/aromatic N) is 4. The van der Waals surface area contributed by atoms with Crippen molar-refractivity contribution in [2.75, 3.05) is 19.0 Å². The molecular weight excluding hydrogens is 316 g/mol. The summed E-state index contributed by atoms with van der Waals surface area (Å²) in [5, 5.41) is 12.2. The number of nitriles is 1. The van der Waals surface area contributed by atoms with Crippen molar-refractivity contribution in [3.05, 3.63) is 64.7 Å². The number of hydrogen-bond donors (Lipinski definition) is 0. The average Bonchev–Trinajstić information content (AvgIpc) is 3.11. The van der Waals surface area contributed by atoms with Gasteiger partial charge in [-0.25, -0.2) is 4.98 Å². The fourth-order valence-corrected chi connectivity index (χ4v) is 3.02. The molecule has 0 bridgehead atoms. The number of thiazole rings is 1. The Bertz CT molecular complexity index is 887. The van der Waals surface area contributed by atoms with Crippen molar-refractivity contribution < 1.29 is 0 Å². The third-order valence-electron chi connectivity index (χ3n) is 3.55. The summed E-state index contributed by atoms with van der Waals surface area (Å²) in [4.78, 5) is 10.6. The van der Waals surface area contributed by atoms with Crippen LogP contribution in [0.4, 0.5) is 5.69 Å². The van der Waals surface area contributed by atoms with Crippen LogP contribution in [0.25, 0.3) is 22.9 Å². The second-order valence-electron chi connectivity index (χ2n) is 5.43. The van der Waals surface area contributed by atoms with Crippen molar-refractivity contribution >= 4 is 28.7 Å². The number of pyridine rings is 1. The van der Waals surface area contributed by atoms with Gasteiger partial charge in [0.2, 0.25) is 0 Å². The van der Waals surface area contributed by atoms with E-state index < -0.39 is 0 Å². The molecule has 4 nitrogen and oxygen atoms in total. The van der Waals surface area contributed by atoms with Crippen LogP contribution in [0.15, 0.2) is 54.2 Å². The van der Waals surface area contributed by atoms with E-state index in [1.807, 2.05) is 66.8 Å². The topological polar surface area (TPSA) is 52.8 Å². The first-order chi connectivity index (χ1) is 11.7. The van der Waals surface area contributed by atoms with Crippen LogP contribution in [-0.2, 0) is 0 Å². The minimum Gasteiger partial charge on any atom is -0.378 e. The standard InChI is InChI=1S/C19H16N4S/c1-23(2)17-5-3-14(4-6-17)11-16(12-20)19-22-18(13-24-19)15-7-9-21-10-8-15/h3-11,13H,1-2H3/b16-11-. The smallest absolute Gasteiger partial charge is 0.134 e. The second-order valence-corrected chi connectivity index (χ2v) is 6.29. The van der Waals surface area contributed by atoms with Gasteiger partial charge in [-0.1, -0.05) is 12.1 Å². The fraction of sp³-hybridized carbons (Fsp3) is 0.105. The molecule has 0 atom stereocenters. The highest BCUT2D eigenvalue weighted by atomic mass is 32.1. The molecule has 5 heteroatoms. The Morgan fingerprint density at radius 2 is 1.83 bits per heavy atom. The summed E-state index contributed by atoms with van der Waals surface area (Å²) in [7, 11) is 4.00. The van der Waals surface area contributed by atoms with Gasteiger partial charge in [-0.15, -0.1) is 11.3 Å². The maximum atomic E-state index is 9.49. The van der Waals surface area contributed by atoms with E-state index in [1.54, 1.807) is 12.4 Å². The van der Waals surface area contributed by atoms with Crippen LogP contribution in [-0.4, -0.2) is 24.1 Å². The maximum absolute atomic E-state index is 9.49. The van der Waals surface area contributed by atoms with Crippen LogP contribution in [0.3, 0.4) is 0 Å². The van der Waals surface area contributed by atoms with Crippen molar-refractivity contribution in [2.45, 2.75) is 0 Å². The molecule has 0 saturated carbocycles. The summed E-state index contributed by atoms with van der Waals surface area (Å²) >= 11 is 1.47. The van der Waals surface area contributed by atoms with Gasteiger partial charge in [-0.3, -0.25) is 4.98 Å². The molecule has 0 unspecified atom stereocenters. The predicted molar refractivity (Wildman–Crippen MR) is 99.6 cm³/mol. The largest absolute Gasteiger partial charge is 0.378 e. The number of aromatic nitrogens is 2. The van der Waals surface area contributed by atoms with Gasteiger partial charge in [-0.2, -0.15) is 5.26 Å². The molecule has 24 heavy (non-hydrogen) atoms. The monoisotopic (exact) mass is 332 g/mol. The van der Waals surface area contributed by atoms with Gasteiger partial charge in [0.15, 0.2) is 0 Å². The molecule has 0 saturated heterocycles. The lowest BCUT2D eigenvalue weighted by Gasteiger charge is -2.11. The van der Waals surface area contributed by atoms with Gasteiger partial charge in [-0.05, 0) is 35.9 Å². The van der Waals surface area contributed by atoms with E-state index in [0.29, 0.717) is 5.57 Å². The Morgan fingerprint density at radius 3 is 2.46 bits per heavy atom. The van der Waals surface area contributed by atoms with Crippen molar-refractivity contribution in [3.63, 3.8) is 0 Å². The van der Waals surface area contributed by atoms with Crippen LogP contribution in [0.1, 0.15) is 10.6 Å². The number of rotatable bonds is 4. The first-order valence-electron chi connectivity index (χ1n) is 7.43. The molecule has 118 valence electrons. The highest BCUT2D eigenvalue weighted by Crippen LogP contribution is 2.27. The highest BCUT2D eigenvalue weighted by Gasteiger charge is 2.09. The van der Waals surface area contributed by atoms with Crippen LogP contribution >= 0.6 is 11.3 Å². The molecule has 0 amide bonds. The Morgan fingerprint density at radius 1 is 1.12 bits per heavy atom. The van der Waals surface area contributed by atoms with Crippen LogP contribution in [0, 0.1) is 11.3 Å². The first-order valence-corrected chi connectivity index (χ1v) is 8.31. The van der Waals surface area contributed by atoms with Gasteiger partial charge in [0.05, 0.1) is 11.3 Å². The van der Waals surface area contributed by atoms with Crippen molar-refractivity contribution in [3.8, 4) is 17.3 Å². The summed E-state index contributed by atoms with van der Waals surface area (Å²) in [5.41, 5.74) is 4.54. The minimum atomic E-state index is 0.568. The average molecular weight is 332 g/mol. The summed E-state index contributed by atoms with van der Waals surface area (Å²) < 4.78 is 0. The Hall–Kier alpha value is -2.97. The lowest BCUT2D eigenvalue weighted by atomic mass is 10.1. The lowest BCUT2D eigenvalue weighted by Crippen LogP contribution is -2.07. The van der Waals surface area contributed by atoms with Gasteiger partial charge in [0, 0.05) is 43.1 Å². The van der Waals surface area contributed by atoms with Crippen LogP contribution < -0.4 is 4.90 Å². The van der Waals surface area contributed by atoms with Crippen LogP contribution in [0.2, 0.25) is 0 Å². The van der Waals surface area contributed by atoms with E-state index in [2.05, 4.69) is 16.0 Å². The zero-order chi connectivity index (χ0) is 16.9. The third kappa shape index (κ3) is 3.50. The van der Waals surface area contributed by atoms with Crippen molar-refractivity contribution in [1.29, 1.82) is 5.26 Å². The van der Waals surface area contributed by atoms with Gasteiger partial charge in [0.1, 0.15) is 11.1 Å². The Kier molecular flexibility index (Phi) is 4.69. The summed E-state index contributed by atoms with van der Waals surface area (Å²) in [6.07, 6.45) is 5.35. The zero-order valence-corrected chi connectivity index (χ0v) is 14.3. The molecule has 2 aromatic heterocycles. The first kappa shape index (κ1) is 15.9. The lowest BCUT2D eigenvalue weighted by molar-refractivity contribution is 1.13. The van der Waals surface area contributed by atoms with Crippen LogP contribution in [0.5, 0.6) is 0 Å². The van der Waals surface area contributed by atoms with E-state index in [1.165, 1.54) is 11.3 Å². The second kappa shape index (κ2) is 7.07. The van der Waals surface area contributed by atoms with Gasteiger partial charge < -0.3 is 4.90 Å². The molecule has 1 aromatic carbocycles. The van der Waals surface area contributed by atoms with E-state index in [4.69, 9.17) is 0 Å². The molecule has 0 fully saturated rings. The van der Waals surface area contributed by atoms with E-state index in [9.17, 15) is 5.26 Å². The quantitative estimate of drug-likeness (QED) is 0.667. The number of hydrogen-bond acceptors (Lipinski definition) is 5. The minimum absolute atomic E-state index is 0.568. The van der Waals surface area contributed by atoms with E-state index in [0.717, 1.165) is 27.5 Å². The molecule has 2 heterocycles. The molecule has 0 radical (unpaired) electrons. The number of anilines is 1. The van der Waals surface area contributed by atoms with Crippen molar-refractivity contribution in [2.24, 2.45) is 0 Å². The molecule has 3 aromatic rings. The molecule has 0 aliphatic rings. The molecular formula is C19H16N4S. The van der Waals surface area contributed by atoms with Crippen molar-refractivity contribution in [1.82, 2.24) is 9.97 Å². The summed E-state index contributed by atoms with van der Waals surface area (Å²) in [6, 6.07) is 14.2. The number of allylic oxidation sites excluding steroid dienone is 1. The van der Waals surface area contributed by atoms with E-state index >= 15 is 0 Å². The fourth-order valence-electron chi connectivity index (χ4n) is 2.23. The van der Waals surface area contributed by atoms with Gasteiger partial charge in [0.25, 0.3) is 0 Å². The normalized spacial score (nSPS) is 11.1. The molecule has 3 rings (SSSR count). The Balaban J connectivity index is 1.89. The predicted octanol–water partition coefficient (Wildman–Crippen LogP) is 4.34. The SMILES string of the molecule is CN(C)c1ccc(/C=C(/C#N)c2nc(-c3ccncc3)cs2)cc1. The summed E-state index contributed by atoms with van der Waals surface area (Å²) in [6.45, 7) is 0. The van der Waals surface area contributed by atoms with E-state index in [-0.39, 0.29) is 0 Å². The van der Waals surface area contributed by atoms with Gasteiger partial charge >= 0.3 is 0 Å². The number of benzene rings is 1. The third-order valence-corrected chi connectivity index (χ3v) is 4.43. The highest BCUT2D eigenvalue weighted by molar-refractivity contribution is 7.11. The molecule has 0 aliphatic carbocycles. The maximum Gasteiger partial charge on any atom is 0.134 e. The Labute approximate surface area is 145 Å². The molecule has 0 N–H and O–H groups in total. The zero-order valence-electron chi connectivity index (χ0n) is 13.5. The molecule has 0 aliphatic heterocycles. The summed E-state index contributed by atoms with van der Waals surface area (Å²) in [5.74, 6) is 0. The molecule has 0 spiro atoms.